The zero-order valence-corrected chi connectivity index (χ0v) is 17.1. The Morgan fingerprint density at radius 1 is 0.933 bits per heavy atom. The van der Waals surface area contributed by atoms with Crippen LogP contribution in [0.2, 0.25) is 0 Å². The summed E-state index contributed by atoms with van der Waals surface area (Å²) in [6.07, 6.45) is 1.43. The van der Waals surface area contributed by atoms with E-state index in [0.717, 1.165) is 11.1 Å². The first-order valence-corrected chi connectivity index (χ1v) is 9.39. The van der Waals surface area contributed by atoms with Crippen molar-refractivity contribution in [1.29, 1.82) is 0 Å². The normalized spacial score (nSPS) is 10.4. The lowest BCUT2D eigenvalue weighted by Crippen LogP contribution is -2.24. The van der Waals surface area contributed by atoms with Gasteiger partial charge >= 0.3 is 0 Å². The largest absolute Gasteiger partial charge is 0.459 e. The Morgan fingerprint density at radius 3 is 2.27 bits per heavy atom. The smallest absolute Gasteiger partial charge is 0.291 e. The highest BCUT2D eigenvalue weighted by molar-refractivity contribution is 6.04. The molecule has 0 aliphatic carbocycles. The Hall–Kier alpha value is -3.87. The number of nitrogens with one attached hydrogen (secondary N) is 2. The van der Waals surface area contributed by atoms with Crippen LogP contribution < -0.4 is 10.6 Å². The molecule has 0 unspecified atom stereocenters. The maximum absolute atomic E-state index is 12.6. The van der Waals surface area contributed by atoms with Crippen LogP contribution in [0.15, 0.2) is 65.3 Å². The minimum atomic E-state index is -0.381. The number of carbonyl (C=O) groups excluding carboxylic acids is 3. The molecule has 3 aromatic rings. The maximum Gasteiger partial charge on any atom is 0.291 e. The van der Waals surface area contributed by atoms with E-state index in [0.29, 0.717) is 23.4 Å². The second kappa shape index (κ2) is 9.09. The van der Waals surface area contributed by atoms with Gasteiger partial charge < -0.3 is 20.0 Å². The molecule has 0 aliphatic heterocycles. The van der Waals surface area contributed by atoms with E-state index in [1.54, 1.807) is 68.7 Å². The van der Waals surface area contributed by atoms with Gasteiger partial charge in [0.05, 0.1) is 6.26 Å². The van der Waals surface area contributed by atoms with Gasteiger partial charge in [-0.3, -0.25) is 14.4 Å². The third-order valence-corrected chi connectivity index (χ3v) is 4.55. The molecule has 0 aliphatic rings. The van der Waals surface area contributed by atoms with Crippen LogP contribution in [0.25, 0.3) is 0 Å². The van der Waals surface area contributed by atoms with Gasteiger partial charge in [-0.2, -0.15) is 0 Å². The molecule has 0 saturated heterocycles. The van der Waals surface area contributed by atoms with Crippen LogP contribution in [0.3, 0.4) is 0 Å². The molecule has 1 aromatic heterocycles. The molecule has 3 amide bonds. The third-order valence-electron chi connectivity index (χ3n) is 4.55. The van der Waals surface area contributed by atoms with Gasteiger partial charge in [0, 0.05) is 37.5 Å². The van der Waals surface area contributed by atoms with E-state index < -0.39 is 0 Å². The number of benzene rings is 2. The van der Waals surface area contributed by atoms with Crippen LogP contribution in [-0.4, -0.2) is 36.7 Å². The average Bonchev–Trinajstić information content (AvgIpc) is 3.28. The molecule has 0 radical (unpaired) electrons. The first-order valence-electron chi connectivity index (χ1n) is 9.39. The molecule has 0 spiro atoms. The highest BCUT2D eigenvalue weighted by Gasteiger charge is 2.13. The predicted molar refractivity (Wildman–Crippen MR) is 113 cm³/mol. The summed E-state index contributed by atoms with van der Waals surface area (Å²) in [4.78, 5) is 38.2. The summed E-state index contributed by atoms with van der Waals surface area (Å²) in [6.45, 7) is 2.16. The summed E-state index contributed by atoms with van der Waals surface area (Å²) < 4.78 is 5.09. The lowest BCUT2D eigenvalue weighted by atomic mass is 10.1. The number of carbonyl (C=O) groups is 3. The van der Waals surface area contributed by atoms with Gasteiger partial charge in [-0.05, 0) is 54.4 Å². The van der Waals surface area contributed by atoms with Crippen molar-refractivity contribution in [2.24, 2.45) is 0 Å². The Labute approximate surface area is 174 Å². The summed E-state index contributed by atoms with van der Waals surface area (Å²) in [5.74, 6) is -0.528. The first-order chi connectivity index (χ1) is 14.3. The lowest BCUT2D eigenvalue weighted by molar-refractivity contribution is 0.0826. The molecule has 2 N–H and O–H groups in total. The Kier molecular flexibility index (Phi) is 6.32. The van der Waals surface area contributed by atoms with E-state index in [9.17, 15) is 14.4 Å². The summed E-state index contributed by atoms with van der Waals surface area (Å²) in [7, 11) is 3.40. The van der Waals surface area contributed by atoms with E-state index >= 15 is 0 Å². The minimum Gasteiger partial charge on any atom is -0.459 e. The van der Waals surface area contributed by atoms with Crippen LogP contribution in [0.4, 0.5) is 5.69 Å². The molecule has 0 atom stereocenters. The summed E-state index contributed by atoms with van der Waals surface area (Å²) >= 11 is 0. The number of furan rings is 1. The van der Waals surface area contributed by atoms with Gasteiger partial charge in [0.25, 0.3) is 17.7 Å². The third kappa shape index (κ3) is 4.94. The SMILES string of the molecule is Cc1ccc(C(=O)NCc2ccc(C(=O)N(C)C)cc2)cc1NC(=O)c1ccco1. The zero-order valence-electron chi connectivity index (χ0n) is 17.1. The van der Waals surface area contributed by atoms with Gasteiger partial charge in [-0.1, -0.05) is 18.2 Å². The van der Waals surface area contributed by atoms with E-state index in [2.05, 4.69) is 10.6 Å². The van der Waals surface area contributed by atoms with Gasteiger partial charge in [0.1, 0.15) is 0 Å². The predicted octanol–water partition coefficient (Wildman–Crippen LogP) is 3.47. The fourth-order valence-corrected chi connectivity index (χ4v) is 2.80. The molecule has 0 bridgehead atoms. The monoisotopic (exact) mass is 405 g/mol. The van der Waals surface area contributed by atoms with Crippen molar-refractivity contribution in [1.82, 2.24) is 10.2 Å². The van der Waals surface area contributed by atoms with Crippen LogP contribution in [0.5, 0.6) is 0 Å². The fourth-order valence-electron chi connectivity index (χ4n) is 2.80. The number of anilines is 1. The molecule has 1 heterocycles. The average molecular weight is 405 g/mol. The van der Waals surface area contributed by atoms with Crippen molar-refractivity contribution in [3.8, 4) is 0 Å². The number of nitrogens with zero attached hydrogens (tertiary/aromatic N) is 1. The molecular formula is C23H23N3O4. The Morgan fingerprint density at radius 2 is 1.63 bits per heavy atom. The highest BCUT2D eigenvalue weighted by Crippen LogP contribution is 2.18. The summed E-state index contributed by atoms with van der Waals surface area (Å²) in [5.41, 5.74) is 3.25. The second-order valence-electron chi connectivity index (χ2n) is 7.04. The minimum absolute atomic E-state index is 0.0747. The number of rotatable bonds is 6. The van der Waals surface area contributed by atoms with Crippen molar-refractivity contribution in [2.75, 3.05) is 19.4 Å². The highest BCUT2D eigenvalue weighted by atomic mass is 16.3. The van der Waals surface area contributed by atoms with E-state index in [1.165, 1.54) is 11.2 Å². The van der Waals surface area contributed by atoms with Crippen molar-refractivity contribution < 1.29 is 18.8 Å². The topological polar surface area (TPSA) is 91.7 Å². The van der Waals surface area contributed by atoms with Gasteiger partial charge in [-0.15, -0.1) is 0 Å². The van der Waals surface area contributed by atoms with Crippen LogP contribution in [-0.2, 0) is 6.54 Å². The molecule has 30 heavy (non-hydrogen) atoms. The first kappa shape index (κ1) is 20.9. The van der Waals surface area contributed by atoms with Crippen LogP contribution in [0.1, 0.15) is 42.4 Å². The number of amides is 3. The molecule has 0 fully saturated rings. The molecular weight excluding hydrogens is 382 g/mol. The van der Waals surface area contributed by atoms with Crippen molar-refractivity contribution >= 4 is 23.4 Å². The summed E-state index contributed by atoms with van der Waals surface area (Å²) in [5, 5.41) is 5.61. The van der Waals surface area contributed by atoms with Gasteiger partial charge in [0.15, 0.2) is 5.76 Å². The Balaban J connectivity index is 1.64. The van der Waals surface area contributed by atoms with E-state index in [-0.39, 0.29) is 23.5 Å². The second-order valence-corrected chi connectivity index (χ2v) is 7.04. The van der Waals surface area contributed by atoms with Gasteiger partial charge in [0.2, 0.25) is 0 Å². The summed E-state index contributed by atoms with van der Waals surface area (Å²) in [6, 6.07) is 15.4. The molecule has 3 rings (SSSR count). The maximum atomic E-state index is 12.6. The van der Waals surface area contributed by atoms with Crippen LogP contribution in [0, 0.1) is 6.92 Å². The van der Waals surface area contributed by atoms with Crippen LogP contribution >= 0.6 is 0 Å². The van der Waals surface area contributed by atoms with Gasteiger partial charge in [-0.25, -0.2) is 0 Å². The van der Waals surface area contributed by atoms with E-state index in [4.69, 9.17) is 4.42 Å². The van der Waals surface area contributed by atoms with Crippen molar-refractivity contribution in [3.05, 3.63) is 88.9 Å². The number of hydrogen-bond acceptors (Lipinski definition) is 4. The Bertz CT molecular complexity index is 1050. The van der Waals surface area contributed by atoms with E-state index in [1.807, 2.05) is 6.92 Å². The molecule has 7 nitrogen and oxygen atoms in total. The number of aryl methyl sites for hydroxylation is 1. The fraction of sp³-hybridized carbons (Fsp3) is 0.174. The molecule has 7 heteroatoms. The lowest BCUT2D eigenvalue weighted by Gasteiger charge is -2.12. The standard InChI is InChI=1S/C23H23N3O4/c1-15-6-9-18(13-19(15)25-22(28)20-5-4-12-30-20)21(27)24-14-16-7-10-17(11-8-16)23(29)26(2)3/h4-13H,14H2,1-3H3,(H,24,27)(H,25,28). The molecule has 2 aromatic carbocycles. The zero-order chi connectivity index (χ0) is 21.7. The quantitative estimate of drug-likeness (QED) is 0.657. The number of hydrogen-bond donors (Lipinski definition) is 2. The molecule has 0 saturated carbocycles. The molecule has 154 valence electrons. The van der Waals surface area contributed by atoms with Crippen molar-refractivity contribution in [3.63, 3.8) is 0 Å². The van der Waals surface area contributed by atoms with Crippen molar-refractivity contribution in [2.45, 2.75) is 13.5 Å².